The van der Waals surface area contributed by atoms with Crippen molar-refractivity contribution in [2.45, 2.75) is 25.6 Å². The summed E-state index contributed by atoms with van der Waals surface area (Å²) < 4.78 is 35.3. The van der Waals surface area contributed by atoms with E-state index >= 15 is 0 Å². The van der Waals surface area contributed by atoms with Crippen LogP contribution in [-0.4, -0.2) is 39.4 Å². The highest BCUT2D eigenvalue weighted by Gasteiger charge is 2.34. The number of hydrogen-bond acceptors (Lipinski definition) is 6. The van der Waals surface area contributed by atoms with Crippen molar-refractivity contribution in [3.05, 3.63) is 71.6 Å². The van der Waals surface area contributed by atoms with Crippen LogP contribution >= 0.6 is 0 Å². The van der Waals surface area contributed by atoms with Crippen molar-refractivity contribution in [2.75, 3.05) is 13.1 Å². The number of rotatable bonds is 4. The van der Waals surface area contributed by atoms with Crippen LogP contribution in [0.15, 0.2) is 53.8 Å². The minimum Gasteiger partial charge on any atom is -0.451 e. The molecular weight excluding hydrogens is 468 g/mol. The average Bonchev–Trinajstić information content (AvgIpc) is 3.51. The summed E-state index contributed by atoms with van der Waals surface area (Å²) in [5.41, 5.74) is 11.4. The number of carbonyl (C=O) groups excluding carboxylic acids is 1. The van der Waals surface area contributed by atoms with Crippen LogP contribution < -0.4 is 15.9 Å². The smallest absolute Gasteiger partial charge is 0.298 e. The predicted molar refractivity (Wildman–Crippen MR) is 129 cm³/mol. The number of hydrazone groups is 1. The first kappa shape index (κ1) is 23.4. The van der Waals surface area contributed by atoms with Gasteiger partial charge in [-0.15, -0.1) is 0 Å². The van der Waals surface area contributed by atoms with Crippen LogP contribution in [0, 0.1) is 23.5 Å². The molecule has 2 aromatic carbocycles. The van der Waals surface area contributed by atoms with Crippen molar-refractivity contribution >= 4 is 11.7 Å². The second kappa shape index (κ2) is 9.36. The molecule has 1 fully saturated rings. The van der Waals surface area contributed by atoms with E-state index in [1.165, 1.54) is 6.07 Å². The number of aromatic nitrogens is 1. The summed E-state index contributed by atoms with van der Waals surface area (Å²) in [6.07, 6.45) is 1.47. The highest BCUT2D eigenvalue weighted by atomic mass is 19.1. The molecule has 0 spiro atoms. The van der Waals surface area contributed by atoms with Gasteiger partial charge in [-0.25, -0.2) is 8.78 Å². The second-order valence-electron chi connectivity index (χ2n) is 8.48. The van der Waals surface area contributed by atoms with Crippen LogP contribution in [0.2, 0.25) is 0 Å². The fraction of sp³-hybridized carbons (Fsp3) is 0.231. The first-order chi connectivity index (χ1) is 17.4. The zero-order valence-electron chi connectivity index (χ0n) is 19.3. The summed E-state index contributed by atoms with van der Waals surface area (Å²) in [7, 11) is 0. The molecule has 0 radical (unpaired) electrons. The Hall–Kier alpha value is -4.36. The molecule has 10 heteroatoms. The number of amides is 1. The molecule has 5 rings (SSSR count). The van der Waals surface area contributed by atoms with Gasteiger partial charge in [-0.2, -0.15) is 5.10 Å². The number of aliphatic hydroxyl groups excluding tert-OH is 1. The van der Waals surface area contributed by atoms with Crippen molar-refractivity contribution in [3.8, 4) is 34.5 Å². The van der Waals surface area contributed by atoms with Gasteiger partial charge in [0.2, 0.25) is 0 Å². The monoisotopic (exact) mass is 491 g/mol. The van der Waals surface area contributed by atoms with Gasteiger partial charge >= 0.3 is 0 Å². The number of nitrogens with zero attached hydrogens (tertiary/aromatic N) is 3. The lowest BCUT2D eigenvalue weighted by atomic mass is 10.0. The lowest BCUT2D eigenvalue weighted by Crippen LogP contribution is -2.33. The van der Waals surface area contributed by atoms with Crippen LogP contribution in [-0.2, 0) is 4.79 Å². The number of hydrogen-bond donors (Lipinski definition) is 3. The van der Waals surface area contributed by atoms with Gasteiger partial charge in [-0.1, -0.05) is 24.1 Å². The molecule has 1 unspecified atom stereocenters. The molecule has 2 aliphatic rings. The summed E-state index contributed by atoms with van der Waals surface area (Å²) in [6.45, 7) is 2.61. The third kappa shape index (κ3) is 4.14. The Morgan fingerprint density at radius 1 is 1.22 bits per heavy atom. The summed E-state index contributed by atoms with van der Waals surface area (Å²) in [6, 6.07) is 10.1. The van der Waals surface area contributed by atoms with E-state index in [4.69, 9.17) is 10.5 Å². The highest BCUT2D eigenvalue weighted by Crippen LogP contribution is 2.38. The van der Waals surface area contributed by atoms with Crippen molar-refractivity contribution in [1.82, 2.24) is 14.9 Å². The fourth-order valence-electron chi connectivity index (χ4n) is 4.60. The number of nitrogens with two attached hydrogens (primary N) is 1. The molecule has 184 valence electrons. The van der Waals surface area contributed by atoms with Crippen LogP contribution in [0.3, 0.4) is 0 Å². The minimum atomic E-state index is -1.09. The van der Waals surface area contributed by atoms with Gasteiger partial charge in [0.1, 0.15) is 5.75 Å². The van der Waals surface area contributed by atoms with E-state index in [0.717, 1.165) is 17.7 Å². The maximum absolute atomic E-state index is 14.0. The molecule has 0 saturated carbocycles. The summed E-state index contributed by atoms with van der Waals surface area (Å²) >= 11 is 0. The number of ether oxygens (including phenoxy) is 1. The Bertz CT molecular complexity index is 1400. The van der Waals surface area contributed by atoms with Gasteiger partial charge < -0.3 is 25.0 Å². The largest absolute Gasteiger partial charge is 0.451 e. The minimum absolute atomic E-state index is 0.0934. The number of para-hydroxylation sites is 1. The molecule has 4 N–H and O–H groups in total. The Kier molecular flexibility index (Phi) is 6.08. The topological polar surface area (TPSA) is 105 Å². The maximum Gasteiger partial charge on any atom is 0.298 e. The van der Waals surface area contributed by atoms with E-state index in [0.29, 0.717) is 36.3 Å². The van der Waals surface area contributed by atoms with Crippen LogP contribution in [0.5, 0.6) is 11.5 Å². The number of likely N-dealkylation sites (tertiary alicyclic amines) is 1. The van der Waals surface area contributed by atoms with E-state index < -0.39 is 23.6 Å². The Labute approximate surface area is 206 Å². The number of amidine groups is 1. The van der Waals surface area contributed by atoms with Crippen LogP contribution in [0.4, 0.5) is 8.78 Å². The number of aliphatic hydroxyl groups is 1. The van der Waals surface area contributed by atoms with Crippen molar-refractivity contribution < 1.29 is 23.4 Å². The second-order valence-corrected chi connectivity index (χ2v) is 8.48. The first-order valence-corrected chi connectivity index (χ1v) is 11.3. The third-order valence-corrected chi connectivity index (χ3v) is 6.27. The molecule has 2 aliphatic heterocycles. The third-order valence-electron chi connectivity index (χ3n) is 6.27. The van der Waals surface area contributed by atoms with Crippen LogP contribution in [0.25, 0.3) is 11.1 Å². The SMILES string of the molecule is CC#CC(=O)N1CC[C@@H](n2cc(-c3ccc(Oc4c(F)cccc4F)cc3)c3c2C(O)NN=C3N)C1. The van der Waals surface area contributed by atoms with E-state index in [-0.39, 0.29) is 23.5 Å². The van der Waals surface area contributed by atoms with Crippen molar-refractivity contribution in [3.63, 3.8) is 0 Å². The molecule has 3 aromatic rings. The number of nitrogens with one attached hydrogen (secondary N) is 1. The molecular formula is C26H23F2N5O3. The number of carbonyl (C=O) groups is 1. The summed E-state index contributed by atoms with van der Waals surface area (Å²) in [5, 5.41) is 14.7. The number of fused-ring (bicyclic) bond motifs is 1. The van der Waals surface area contributed by atoms with E-state index in [1.807, 2.05) is 10.8 Å². The molecule has 36 heavy (non-hydrogen) atoms. The van der Waals surface area contributed by atoms with Gasteiger partial charge in [-0.3, -0.25) is 10.2 Å². The van der Waals surface area contributed by atoms with Crippen molar-refractivity contribution in [2.24, 2.45) is 10.8 Å². The molecule has 2 atom stereocenters. The predicted octanol–water partition coefficient (Wildman–Crippen LogP) is 3.24. The maximum atomic E-state index is 14.0. The van der Waals surface area contributed by atoms with Gasteiger partial charge in [0.25, 0.3) is 5.91 Å². The Morgan fingerprint density at radius 3 is 2.64 bits per heavy atom. The molecule has 0 bridgehead atoms. The molecule has 8 nitrogen and oxygen atoms in total. The normalized spacial score (nSPS) is 18.6. The molecule has 3 heterocycles. The van der Waals surface area contributed by atoms with Gasteiger partial charge in [0, 0.05) is 24.8 Å². The quantitative estimate of drug-likeness (QED) is 0.486. The lowest BCUT2D eigenvalue weighted by molar-refractivity contribution is -0.124. The van der Waals surface area contributed by atoms with E-state index in [9.17, 15) is 18.7 Å². The number of benzene rings is 2. The standard InChI is InChI=1S/C26H23F2N5O3/c1-2-4-21(34)32-12-11-16(13-32)33-14-18(22-23(33)26(35)31-30-25(22)29)15-7-9-17(10-8-15)36-24-19(27)5-3-6-20(24)28/h3,5-10,14,16,26,31,35H,11-13H2,1H3,(H2,29,30)/t16-,26?/m1/s1. The molecule has 1 amide bonds. The van der Waals surface area contributed by atoms with E-state index in [2.05, 4.69) is 22.4 Å². The van der Waals surface area contributed by atoms with Crippen molar-refractivity contribution in [1.29, 1.82) is 0 Å². The van der Waals surface area contributed by atoms with Crippen LogP contribution in [0.1, 0.15) is 36.9 Å². The lowest BCUT2D eigenvalue weighted by Gasteiger charge is -2.24. The summed E-state index contributed by atoms with van der Waals surface area (Å²) in [4.78, 5) is 13.9. The Balaban J connectivity index is 1.49. The zero-order valence-corrected chi connectivity index (χ0v) is 19.3. The average molecular weight is 491 g/mol. The van der Waals surface area contributed by atoms with E-state index in [1.54, 1.807) is 36.1 Å². The van der Waals surface area contributed by atoms with Gasteiger partial charge in [-0.05, 0) is 49.1 Å². The highest BCUT2D eigenvalue weighted by molar-refractivity contribution is 6.05. The Morgan fingerprint density at radius 2 is 1.94 bits per heavy atom. The zero-order chi connectivity index (χ0) is 25.4. The molecule has 1 saturated heterocycles. The van der Waals surface area contributed by atoms with Gasteiger partial charge in [0.05, 0.1) is 17.3 Å². The molecule has 0 aliphatic carbocycles. The fourth-order valence-corrected chi connectivity index (χ4v) is 4.60. The molecule has 1 aromatic heterocycles. The van der Waals surface area contributed by atoms with Gasteiger partial charge in [0.15, 0.2) is 29.4 Å². The first-order valence-electron chi connectivity index (χ1n) is 11.3. The summed E-state index contributed by atoms with van der Waals surface area (Å²) in [5.74, 6) is 3.34. The number of halogens is 2.